The molecule has 0 bridgehead atoms. The summed E-state index contributed by atoms with van der Waals surface area (Å²) in [4.78, 5) is 27.2. The van der Waals surface area contributed by atoms with E-state index in [1.165, 1.54) is 4.90 Å². The topological polar surface area (TPSA) is 83.6 Å². The lowest BCUT2D eigenvalue weighted by Gasteiger charge is -2.34. The SMILES string of the molecule is CC(N)N(c1cccc2c1C(=O)c1ccccc1C2=O)C(C)O. The maximum atomic E-state index is 12.9. The molecule has 0 aliphatic heterocycles. The van der Waals surface area contributed by atoms with Gasteiger partial charge in [-0.15, -0.1) is 0 Å². The molecule has 23 heavy (non-hydrogen) atoms. The summed E-state index contributed by atoms with van der Waals surface area (Å²) < 4.78 is 0. The number of fused-ring (bicyclic) bond motifs is 2. The van der Waals surface area contributed by atoms with E-state index >= 15 is 0 Å². The van der Waals surface area contributed by atoms with Gasteiger partial charge in [-0.2, -0.15) is 0 Å². The third kappa shape index (κ3) is 2.34. The molecule has 5 heteroatoms. The van der Waals surface area contributed by atoms with Gasteiger partial charge in [0.1, 0.15) is 6.23 Å². The van der Waals surface area contributed by atoms with Gasteiger partial charge in [-0.25, -0.2) is 0 Å². The first kappa shape index (κ1) is 15.4. The van der Waals surface area contributed by atoms with E-state index < -0.39 is 12.4 Å². The van der Waals surface area contributed by atoms with Crippen molar-refractivity contribution in [3.05, 3.63) is 64.7 Å². The van der Waals surface area contributed by atoms with Crippen molar-refractivity contribution in [2.24, 2.45) is 5.73 Å². The molecule has 0 spiro atoms. The Bertz CT molecular complexity index is 789. The largest absolute Gasteiger partial charge is 0.374 e. The van der Waals surface area contributed by atoms with Gasteiger partial charge in [0, 0.05) is 16.7 Å². The number of rotatable bonds is 3. The van der Waals surface area contributed by atoms with E-state index in [0.717, 1.165) is 0 Å². The number of nitrogens with zero attached hydrogens (tertiary/aromatic N) is 1. The maximum Gasteiger partial charge on any atom is 0.196 e. The van der Waals surface area contributed by atoms with Crippen LogP contribution in [0.5, 0.6) is 0 Å². The first-order chi connectivity index (χ1) is 10.9. The van der Waals surface area contributed by atoms with Crippen LogP contribution in [0.2, 0.25) is 0 Å². The van der Waals surface area contributed by atoms with E-state index in [-0.39, 0.29) is 11.6 Å². The van der Waals surface area contributed by atoms with Crippen LogP contribution in [-0.4, -0.2) is 29.1 Å². The quantitative estimate of drug-likeness (QED) is 0.722. The molecule has 118 valence electrons. The van der Waals surface area contributed by atoms with Crippen molar-refractivity contribution in [3.63, 3.8) is 0 Å². The molecule has 0 heterocycles. The average molecular weight is 310 g/mol. The molecular formula is C18H18N2O3. The maximum absolute atomic E-state index is 12.9. The summed E-state index contributed by atoms with van der Waals surface area (Å²) in [6.45, 7) is 3.29. The van der Waals surface area contributed by atoms with Crippen molar-refractivity contribution >= 4 is 17.3 Å². The standard InChI is InChI=1S/C18H18N2O3/c1-10(19)20(11(2)21)15-9-5-8-14-16(15)18(23)13-7-4-3-6-12(13)17(14)22/h3-11,21H,19H2,1-2H3. The summed E-state index contributed by atoms with van der Waals surface area (Å²) in [5, 5.41) is 10.0. The first-order valence-electron chi connectivity index (χ1n) is 7.47. The molecule has 0 aromatic heterocycles. The number of hydrogen-bond acceptors (Lipinski definition) is 5. The van der Waals surface area contributed by atoms with Crippen molar-refractivity contribution in [1.82, 2.24) is 0 Å². The predicted molar refractivity (Wildman–Crippen MR) is 87.6 cm³/mol. The van der Waals surface area contributed by atoms with Crippen molar-refractivity contribution in [2.75, 3.05) is 4.90 Å². The van der Waals surface area contributed by atoms with Crippen LogP contribution in [0, 0.1) is 0 Å². The molecule has 0 radical (unpaired) electrons. The summed E-state index contributed by atoms with van der Waals surface area (Å²) >= 11 is 0. The van der Waals surface area contributed by atoms with Gasteiger partial charge >= 0.3 is 0 Å². The van der Waals surface area contributed by atoms with Gasteiger partial charge in [-0.05, 0) is 19.9 Å². The van der Waals surface area contributed by atoms with Crippen LogP contribution in [0.25, 0.3) is 0 Å². The van der Waals surface area contributed by atoms with Crippen LogP contribution in [0.15, 0.2) is 42.5 Å². The van der Waals surface area contributed by atoms with Crippen LogP contribution in [0.3, 0.4) is 0 Å². The van der Waals surface area contributed by atoms with Crippen molar-refractivity contribution in [3.8, 4) is 0 Å². The van der Waals surface area contributed by atoms with E-state index in [0.29, 0.717) is 27.9 Å². The second-order valence-corrected chi connectivity index (χ2v) is 5.68. The Morgan fingerprint density at radius 2 is 1.48 bits per heavy atom. The molecule has 3 N–H and O–H groups in total. The molecule has 1 aliphatic carbocycles. The van der Waals surface area contributed by atoms with E-state index in [1.807, 2.05) is 0 Å². The van der Waals surface area contributed by atoms with E-state index in [2.05, 4.69) is 0 Å². The average Bonchev–Trinajstić information content (AvgIpc) is 2.52. The second kappa shape index (κ2) is 5.61. The van der Waals surface area contributed by atoms with Gasteiger partial charge in [0.25, 0.3) is 0 Å². The van der Waals surface area contributed by atoms with Crippen molar-refractivity contribution in [1.29, 1.82) is 0 Å². The normalized spacial score (nSPS) is 15.7. The zero-order valence-electron chi connectivity index (χ0n) is 13.0. The van der Waals surface area contributed by atoms with Gasteiger partial charge in [0.05, 0.1) is 17.4 Å². The lowest BCUT2D eigenvalue weighted by atomic mass is 9.83. The minimum atomic E-state index is -0.887. The molecular weight excluding hydrogens is 292 g/mol. The third-order valence-electron chi connectivity index (χ3n) is 4.05. The van der Waals surface area contributed by atoms with E-state index in [9.17, 15) is 14.7 Å². The lowest BCUT2D eigenvalue weighted by molar-refractivity contribution is 0.0978. The Morgan fingerprint density at radius 1 is 0.913 bits per heavy atom. The molecule has 2 atom stereocenters. The Morgan fingerprint density at radius 3 is 2.04 bits per heavy atom. The number of hydrogen-bond donors (Lipinski definition) is 2. The fourth-order valence-corrected chi connectivity index (χ4v) is 3.10. The van der Waals surface area contributed by atoms with Crippen molar-refractivity contribution < 1.29 is 14.7 Å². The molecule has 3 rings (SSSR count). The Balaban J connectivity index is 2.26. The monoisotopic (exact) mass is 310 g/mol. The minimum Gasteiger partial charge on any atom is -0.374 e. The lowest BCUT2D eigenvalue weighted by Crippen LogP contribution is -2.46. The molecule has 1 aliphatic rings. The van der Waals surface area contributed by atoms with Gasteiger partial charge in [0.2, 0.25) is 0 Å². The second-order valence-electron chi connectivity index (χ2n) is 5.68. The first-order valence-corrected chi connectivity index (χ1v) is 7.47. The predicted octanol–water partition coefficient (Wildman–Crippen LogP) is 1.91. The summed E-state index contributed by atoms with van der Waals surface area (Å²) in [6, 6.07) is 11.8. The number of aliphatic hydroxyl groups excluding tert-OH is 1. The highest BCUT2D eigenvalue weighted by atomic mass is 16.3. The Kier molecular flexibility index (Phi) is 3.75. The fraction of sp³-hybridized carbons (Fsp3) is 0.222. The van der Waals surface area contributed by atoms with Crippen LogP contribution in [0.4, 0.5) is 5.69 Å². The van der Waals surface area contributed by atoms with Crippen molar-refractivity contribution in [2.45, 2.75) is 26.2 Å². The Labute approximate surface area is 134 Å². The zero-order valence-corrected chi connectivity index (χ0v) is 13.0. The van der Waals surface area contributed by atoms with Crippen LogP contribution < -0.4 is 10.6 Å². The van der Waals surface area contributed by atoms with Gasteiger partial charge < -0.3 is 15.7 Å². The van der Waals surface area contributed by atoms with Gasteiger partial charge in [-0.3, -0.25) is 9.59 Å². The number of benzene rings is 2. The molecule has 2 unspecified atom stereocenters. The highest BCUT2D eigenvalue weighted by Crippen LogP contribution is 2.34. The number of ketones is 2. The molecule has 0 saturated carbocycles. The molecule has 2 aromatic rings. The molecule has 0 saturated heterocycles. The summed E-state index contributed by atoms with van der Waals surface area (Å²) in [5.74, 6) is -0.413. The third-order valence-corrected chi connectivity index (χ3v) is 4.05. The molecule has 2 aromatic carbocycles. The number of aliphatic hydroxyl groups is 1. The highest BCUT2D eigenvalue weighted by Gasteiger charge is 2.33. The van der Waals surface area contributed by atoms with E-state index in [4.69, 9.17) is 5.73 Å². The van der Waals surface area contributed by atoms with Crippen LogP contribution in [0.1, 0.15) is 45.7 Å². The van der Waals surface area contributed by atoms with Crippen LogP contribution in [-0.2, 0) is 0 Å². The molecule has 5 nitrogen and oxygen atoms in total. The molecule has 0 amide bonds. The summed E-state index contributed by atoms with van der Waals surface area (Å²) in [6.07, 6.45) is -1.40. The van der Waals surface area contributed by atoms with Crippen LogP contribution >= 0.6 is 0 Å². The number of carbonyl (C=O) groups is 2. The minimum absolute atomic E-state index is 0.188. The van der Waals surface area contributed by atoms with Gasteiger partial charge in [0.15, 0.2) is 11.6 Å². The number of carbonyl (C=O) groups excluding carboxylic acids is 2. The number of anilines is 1. The summed E-state index contributed by atoms with van der Waals surface area (Å²) in [7, 11) is 0. The Hall–Kier alpha value is -2.50. The zero-order chi connectivity index (χ0) is 16.7. The molecule has 0 fully saturated rings. The summed E-state index contributed by atoms with van der Waals surface area (Å²) in [5.41, 5.74) is 7.86. The highest BCUT2D eigenvalue weighted by molar-refractivity contribution is 6.30. The van der Waals surface area contributed by atoms with Gasteiger partial charge in [-0.1, -0.05) is 36.4 Å². The fourth-order valence-electron chi connectivity index (χ4n) is 3.10. The number of nitrogens with two attached hydrogens (primary N) is 1. The van der Waals surface area contributed by atoms with E-state index in [1.54, 1.807) is 56.3 Å². The smallest absolute Gasteiger partial charge is 0.196 e.